The summed E-state index contributed by atoms with van der Waals surface area (Å²) < 4.78 is 38.1. The van der Waals surface area contributed by atoms with Crippen molar-refractivity contribution in [2.45, 2.75) is 32.0 Å². The number of carbonyl (C=O) groups excluding carboxylic acids is 1. The van der Waals surface area contributed by atoms with Crippen LogP contribution in [0.1, 0.15) is 37.0 Å². The second-order valence-corrected chi connectivity index (χ2v) is 4.37. The predicted octanol–water partition coefficient (Wildman–Crippen LogP) is 1.68. The largest absolute Gasteiger partial charge is 0.390 e. The average molecular weight is 291 g/mol. The molecule has 1 aromatic carbocycles. The Labute approximate surface area is 114 Å². The minimum atomic E-state index is -2.94. The van der Waals surface area contributed by atoms with Gasteiger partial charge in [0.25, 0.3) is 6.43 Å². The Balaban J connectivity index is 2.69. The van der Waals surface area contributed by atoms with Gasteiger partial charge in [0, 0.05) is 13.5 Å². The fourth-order valence-corrected chi connectivity index (χ4v) is 1.68. The minimum Gasteiger partial charge on any atom is -0.390 e. The van der Waals surface area contributed by atoms with Gasteiger partial charge in [0.1, 0.15) is 11.9 Å². The highest BCUT2D eigenvalue weighted by molar-refractivity contribution is 5.72. The molecule has 2 atom stereocenters. The first-order valence-electron chi connectivity index (χ1n) is 6.01. The van der Waals surface area contributed by atoms with E-state index in [9.17, 15) is 28.2 Å². The second-order valence-electron chi connectivity index (χ2n) is 4.37. The SMILES string of the molecule is CC(=O)NCCC(O)C(O)c1ccc(C(F)F)c(F)c1. The molecule has 0 saturated carbocycles. The van der Waals surface area contributed by atoms with Crippen LogP contribution in [0.15, 0.2) is 18.2 Å². The van der Waals surface area contributed by atoms with Gasteiger partial charge in [0.15, 0.2) is 0 Å². The van der Waals surface area contributed by atoms with E-state index < -0.39 is 30.0 Å². The number of hydrogen-bond donors (Lipinski definition) is 3. The molecule has 0 saturated heterocycles. The van der Waals surface area contributed by atoms with Crippen molar-refractivity contribution in [2.75, 3.05) is 6.54 Å². The monoisotopic (exact) mass is 291 g/mol. The Morgan fingerprint density at radius 2 is 2.00 bits per heavy atom. The first-order chi connectivity index (χ1) is 9.32. The zero-order valence-corrected chi connectivity index (χ0v) is 10.8. The van der Waals surface area contributed by atoms with E-state index in [0.29, 0.717) is 0 Å². The number of amides is 1. The van der Waals surface area contributed by atoms with Crippen molar-refractivity contribution in [3.8, 4) is 0 Å². The standard InChI is InChI=1S/C13H16F3NO3/c1-7(18)17-5-4-11(19)12(20)8-2-3-9(13(15)16)10(14)6-8/h2-3,6,11-13,19-20H,4-5H2,1H3,(H,17,18). The smallest absolute Gasteiger partial charge is 0.266 e. The van der Waals surface area contributed by atoms with Gasteiger partial charge >= 0.3 is 0 Å². The molecule has 4 nitrogen and oxygen atoms in total. The molecule has 1 aromatic rings. The summed E-state index contributed by atoms with van der Waals surface area (Å²) in [4.78, 5) is 10.6. The van der Waals surface area contributed by atoms with E-state index in [2.05, 4.69) is 5.32 Å². The van der Waals surface area contributed by atoms with Crippen molar-refractivity contribution >= 4 is 5.91 Å². The fourth-order valence-electron chi connectivity index (χ4n) is 1.68. The van der Waals surface area contributed by atoms with Crippen LogP contribution in [0.4, 0.5) is 13.2 Å². The molecule has 0 aliphatic rings. The Hall–Kier alpha value is -1.60. The van der Waals surface area contributed by atoms with Crippen molar-refractivity contribution in [1.82, 2.24) is 5.32 Å². The molecule has 20 heavy (non-hydrogen) atoms. The lowest BCUT2D eigenvalue weighted by Gasteiger charge is -2.18. The highest BCUT2D eigenvalue weighted by Crippen LogP contribution is 2.26. The number of alkyl halides is 2. The van der Waals surface area contributed by atoms with Crippen LogP contribution < -0.4 is 5.32 Å². The number of benzene rings is 1. The third-order valence-corrected chi connectivity index (χ3v) is 2.78. The van der Waals surface area contributed by atoms with Crippen molar-refractivity contribution in [3.63, 3.8) is 0 Å². The van der Waals surface area contributed by atoms with Crippen molar-refractivity contribution in [3.05, 3.63) is 35.1 Å². The van der Waals surface area contributed by atoms with Gasteiger partial charge in [-0.15, -0.1) is 0 Å². The lowest BCUT2D eigenvalue weighted by molar-refractivity contribution is -0.119. The Bertz CT molecular complexity index is 468. The zero-order chi connectivity index (χ0) is 15.3. The summed E-state index contributed by atoms with van der Waals surface area (Å²) >= 11 is 0. The summed E-state index contributed by atoms with van der Waals surface area (Å²) in [6.07, 6.45) is -5.53. The average Bonchev–Trinajstić information content (AvgIpc) is 2.36. The first kappa shape index (κ1) is 16.5. The Kier molecular flexibility index (Phi) is 5.97. The molecule has 0 aliphatic heterocycles. The Morgan fingerprint density at radius 3 is 2.50 bits per heavy atom. The number of carbonyl (C=O) groups is 1. The molecule has 1 rings (SSSR count). The molecule has 0 fully saturated rings. The number of halogens is 3. The summed E-state index contributed by atoms with van der Waals surface area (Å²) in [5.41, 5.74) is -0.754. The summed E-state index contributed by atoms with van der Waals surface area (Å²) in [7, 11) is 0. The van der Waals surface area contributed by atoms with Gasteiger partial charge in [-0.25, -0.2) is 13.2 Å². The maximum absolute atomic E-state index is 13.4. The molecule has 2 unspecified atom stereocenters. The number of aliphatic hydroxyl groups is 2. The summed E-state index contributed by atoms with van der Waals surface area (Å²) in [5.74, 6) is -1.41. The van der Waals surface area contributed by atoms with Crippen molar-refractivity contribution in [2.24, 2.45) is 0 Å². The molecule has 0 bridgehead atoms. The van der Waals surface area contributed by atoms with Gasteiger partial charge < -0.3 is 15.5 Å². The number of rotatable bonds is 6. The van der Waals surface area contributed by atoms with Crippen LogP contribution in [0.3, 0.4) is 0 Å². The van der Waals surface area contributed by atoms with E-state index in [4.69, 9.17) is 0 Å². The lowest BCUT2D eigenvalue weighted by atomic mass is 10.0. The predicted molar refractivity (Wildman–Crippen MR) is 65.6 cm³/mol. The van der Waals surface area contributed by atoms with Gasteiger partial charge in [-0.1, -0.05) is 12.1 Å². The third kappa shape index (κ3) is 4.50. The molecule has 1 amide bonds. The normalized spacial score (nSPS) is 14.2. The van der Waals surface area contributed by atoms with Crippen molar-refractivity contribution in [1.29, 1.82) is 0 Å². The molecular formula is C13H16F3NO3. The van der Waals surface area contributed by atoms with E-state index in [1.807, 2.05) is 0 Å². The summed E-state index contributed by atoms with van der Waals surface area (Å²) in [5, 5.41) is 21.9. The molecule has 0 radical (unpaired) electrons. The van der Waals surface area contributed by atoms with Crippen LogP contribution in [0, 0.1) is 5.82 Å². The summed E-state index contributed by atoms with van der Waals surface area (Å²) in [6.45, 7) is 1.45. The van der Waals surface area contributed by atoms with Crippen LogP contribution in [-0.2, 0) is 4.79 Å². The number of hydrogen-bond acceptors (Lipinski definition) is 3. The van der Waals surface area contributed by atoms with E-state index in [-0.39, 0.29) is 24.4 Å². The van der Waals surface area contributed by atoms with Crippen LogP contribution in [0.2, 0.25) is 0 Å². The molecule has 112 valence electrons. The molecule has 0 spiro atoms. The topological polar surface area (TPSA) is 69.6 Å². The van der Waals surface area contributed by atoms with Gasteiger partial charge in [-0.2, -0.15) is 0 Å². The molecule has 0 heterocycles. The second kappa shape index (κ2) is 7.25. The third-order valence-electron chi connectivity index (χ3n) is 2.78. The Morgan fingerprint density at radius 1 is 1.35 bits per heavy atom. The molecule has 0 aromatic heterocycles. The van der Waals surface area contributed by atoms with E-state index in [1.165, 1.54) is 6.92 Å². The fraction of sp³-hybridized carbons (Fsp3) is 0.462. The van der Waals surface area contributed by atoms with E-state index in [0.717, 1.165) is 18.2 Å². The first-order valence-corrected chi connectivity index (χ1v) is 6.01. The molecular weight excluding hydrogens is 275 g/mol. The molecule has 3 N–H and O–H groups in total. The van der Waals surface area contributed by atoms with Gasteiger partial charge in [0.05, 0.1) is 11.7 Å². The van der Waals surface area contributed by atoms with Gasteiger partial charge in [-0.05, 0) is 18.1 Å². The summed E-state index contributed by atoms with van der Waals surface area (Å²) in [6, 6.07) is 2.78. The lowest BCUT2D eigenvalue weighted by Crippen LogP contribution is -2.27. The van der Waals surface area contributed by atoms with Gasteiger partial charge in [0.2, 0.25) is 5.91 Å². The number of nitrogens with one attached hydrogen (secondary N) is 1. The maximum atomic E-state index is 13.4. The highest BCUT2D eigenvalue weighted by atomic mass is 19.3. The molecule has 0 aliphatic carbocycles. The highest BCUT2D eigenvalue weighted by Gasteiger charge is 2.21. The van der Waals surface area contributed by atoms with Crippen molar-refractivity contribution < 1.29 is 28.2 Å². The zero-order valence-electron chi connectivity index (χ0n) is 10.8. The molecule has 7 heteroatoms. The minimum absolute atomic E-state index is 0.00206. The maximum Gasteiger partial charge on any atom is 0.266 e. The quantitative estimate of drug-likeness (QED) is 0.747. The van der Waals surface area contributed by atoms with Crippen LogP contribution in [0.5, 0.6) is 0 Å². The van der Waals surface area contributed by atoms with Crippen LogP contribution in [0.25, 0.3) is 0 Å². The van der Waals surface area contributed by atoms with Gasteiger partial charge in [-0.3, -0.25) is 4.79 Å². The van der Waals surface area contributed by atoms with E-state index in [1.54, 1.807) is 0 Å². The van der Waals surface area contributed by atoms with E-state index >= 15 is 0 Å². The number of aliphatic hydroxyl groups excluding tert-OH is 2. The van der Waals surface area contributed by atoms with Crippen LogP contribution >= 0.6 is 0 Å². The van der Waals surface area contributed by atoms with Crippen LogP contribution in [-0.4, -0.2) is 28.8 Å².